The van der Waals surface area contributed by atoms with Crippen LogP contribution in [0.5, 0.6) is 0 Å². The SMILES string of the molecule is c1ccc(COCSc2ccc(CNC3CC3)cc2)cc1. The summed E-state index contributed by atoms with van der Waals surface area (Å²) in [5.74, 6) is 0.689. The first kappa shape index (κ1) is 14.6. The summed E-state index contributed by atoms with van der Waals surface area (Å²) < 4.78 is 5.69. The van der Waals surface area contributed by atoms with Gasteiger partial charge in [-0.25, -0.2) is 0 Å². The fraction of sp³-hybridized carbons (Fsp3) is 0.333. The maximum absolute atomic E-state index is 5.69. The second-order valence-electron chi connectivity index (χ2n) is 5.40. The summed E-state index contributed by atoms with van der Waals surface area (Å²) in [6, 6.07) is 19.8. The van der Waals surface area contributed by atoms with Crippen LogP contribution in [0.1, 0.15) is 24.0 Å². The van der Waals surface area contributed by atoms with Crippen molar-refractivity contribution >= 4 is 11.8 Å². The highest BCUT2D eigenvalue weighted by molar-refractivity contribution is 7.99. The minimum atomic E-state index is 0.678. The topological polar surface area (TPSA) is 21.3 Å². The smallest absolute Gasteiger partial charge is 0.0971 e. The zero-order valence-electron chi connectivity index (χ0n) is 12.1. The Hall–Kier alpha value is -1.29. The quantitative estimate of drug-likeness (QED) is 0.448. The number of hydrogen-bond donors (Lipinski definition) is 1. The molecule has 2 aromatic rings. The molecule has 1 saturated carbocycles. The standard InChI is InChI=1S/C18H21NOS/c1-2-4-16(5-3-1)13-20-14-21-18-10-6-15(7-11-18)12-19-17-8-9-17/h1-7,10-11,17,19H,8-9,12-14H2. The van der Waals surface area contributed by atoms with Crippen LogP contribution in [0.3, 0.4) is 0 Å². The third-order valence-electron chi connectivity index (χ3n) is 3.52. The van der Waals surface area contributed by atoms with Gasteiger partial charge in [-0.15, -0.1) is 0 Å². The molecule has 1 aliphatic carbocycles. The van der Waals surface area contributed by atoms with Gasteiger partial charge in [0.2, 0.25) is 0 Å². The van der Waals surface area contributed by atoms with E-state index in [1.807, 2.05) is 18.2 Å². The second kappa shape index (κ2) is 7.64. The highest BCUT2D eigenvalue weighted by Crippen LogP contribution is 2.21. The van der Waals surface area contributed by atoms with Crippen LogP contribution in [0, 0.1) is 0 Å². The van der Waals surface area contributed by atoms with Crippen molar-refractivity contribution in [3.05, 3.63) is 65.7 Å². The molecule has 3 heteroatoms. The summed E-state index contributed by atoms with van der Waals surface area (Å²) in [4.78, 5) is 1.26. The molecule has 0 radical (unpaired) electrons. The lowest BCUT2D eigenvalue weighted by Crippen LogP contribution is -2.14. The largest absolute Gasteiger partial charge is 0.366 e. The van der Waals surface area contributed by atoms with Crippen LogP contribution in [-0.4, -0.2) is 12.0 Å². The maximum Gasteiger partial charge on any atom is 0.0971 e. The fourth-order valence-corrected chi connectivity index (χ4v) is 2.73. The van der Waals surface area contributed by atoms with Gasteiger partial charge in [0.05, 0.1) is 12.5 Å². The van der Waals surface area contributed by atoms with Crippen LogP contribution in [0.2, 0.25) is 0 Å². The first-order chi connectivity index (χ1) is 10.4. The van der Waals surface area contributed by atoms with E-state index in [1.165, 1.54) is 28.9 Å². The molecule has 0 aliphatic heterocycles. The van der Waals surface area contributed by atoms with E-state index in [0.717, 1.165) is 12.6 Å². The van der Waals surface area contributed by atoms with Gasteiger partial charge in [-0.3, -0.25) is 0 Å². The maximum atomic E-state index is 5.69. The van der Waals surface area contributed by atoms with Gasteiger partial charge in [0.15, 0.2) is 0 Å². The lowest BCUT2D eigenvalue weighted by Gasteiger charge is -2.06. The molecule has 110 valence electrons. The zero-order chi connectivity index (χ0) is 14.3. The molecule has 2 nitrogen and oxygen atoms in total. The summed E-state index contributed by atoms with van der Waals surface area (Å²) in [6.45, 7) is 1.66. The van der Waals surface area contributed by atoms with Crippen LogP contribution >= 0.6 is 11.8 Å². The normalized spacial score (nSPS) is 14.3. The van der Waals surface area contributed by atoms with Gasteiger partial charge >= 0.3 is 0 Å². The Morgan fingerprint density at radius 1 is 0.952 bits per heavy atom. The predicted molar refractivity (Wildman–Crippen MR) is 88.3 cm³/mol. The Labute approximate surface area is 130 Å². The van der Waals surface area contributed by atoms with Crippen molar-refractivity contribution in [2.45, 2.75) is 36.9 Å². The highest BCUT2D eigenvalue weighted by Gasteiger charge is 2.19. The van der Waals surface area contributed by atoms with Gasteiger partial charge in [-0.2, -0.15) is 0 Å². The summed E-state index contributed by atoms with van der Waals surface area (Å²) in [5, 5.41) is 3.53. The van der Waals surface area contributed by atoms with E-state index in [0.29, 0.717) is 12.5 Å². The van der Waals surface area contributed by atoms with Gasteiger partial charge in [-0.05, 0) is 36.1 Å². The average Bonchev–Trinajstić information content (AvgIpc) is 3.36. The lowest BCUT2D eigenvalue weighted by atomic mass is 10.2. The monoisotopic (exact) mass is 299 g/mol. The van der Waals surface area contributed by atoms with Crippen molar-refractivity contribution < 1.29 is 4.74 Å². The predicted octanol–water partition coefficient (Wildman–Crippen LogP) is 4.21. The third-order valence-corrected chi connectivity index (χ3v) is 4.41. The average molecular weight is 299 g/mol. The van der Waals surface area contributed by atoms with Crippen molar-refractivity contribution in [1.82, 2.24) is 5.32 Å². The van der Waals surface area contributed by atoms with Crippen LogP contribution in [0.15, 0.2) is 59.5 Å². The van der Waals surface area contributed by atoms with E-state index < -0.39 is 0 Å². The first-order valence-corrected chi connectivity index (χ1v) is 8.45. The van der Waals surface area contributed by atoms with Crippen LogP contribution in [0.4, 0.5) is 0 Å². The molecular formula is C18H21NOS. The first-order valence-electron chi connectivity index (χ1n) is 7.47. The summed E-state index contributed by atoms with van der Waals surface area (Å²) in [7, 11) is 0. The fourth-order valence-electron chi connectivity index (χ4n) is 2.10. The number of nitrogens with one attached hydrogen (secondary N) is 1. The van der Waals surface area contributed by atoms with Gasteiger partial charge in [-0.1, -0.05) is 54.2 Å². The highest BCUT2D eigenvalue weighted by atomic mass is 32.2. The van der Waals surface area contributed by atoms with Crippen molar-refractivity contribution in [2.75, 3.05) is 5.94 Å². The molecule has 0 heterocycles. The Bertz CT molecular complexity index is 537. The molecule has 1 fully saturated rings. The molecule has 0 unspecified atom stereocenters. The number of thioether (sulfide) groups is 1. The number of benzene rings is 2. The van der Waals surface area contributed by atoms with E-state index in [1.54, 1.807) is 11.8 Å². The molecule has 2 aromatic carbocycles. The van der Waals surface area contributed by atoms with Gasteiger partial charge in [0.1, 0.15) is 0 Å². The van der Waals surface area contributed by atoms with Crippen molar-refractivity contribution in [3.8, 4) is 0 Å². The zero-order valence-corrected chi connectivity index (χ0v) is 12.9. The molecule has 0 saturated heterocycles. The molecule has 1 N–H and O–H groups in total. The Morgan fingerprint density at radius 2 is 1.71 bits per heavy atom. The van der Waals surface area contributed by atoms with Gasteiger partial charge in [0, 0.05) is 17.5 Å². The van der Waals surface area contributed by atoms with E-state index in [-0.39, 0.29) is 0 Å². The van der Waals surface area contributed by atoms with E-state index in [9.17, 15) is 0 Å². The van der Waals surface area contributed by atoms with Crippen LogP contribution in [-0.2, 0) is 17.9 Å². The minimum Gasteiger partial charge on any atom is -0.366 e. The molecule has 1 aliphatic rings. The summed E-state index contributed by atoms with van der Waals surface area (Å²) >= 11 is 1.74. The van der Waals surface area contributed by atoms with Crippen LogP contribution in [0.25, 0.3) is 0 Å². The number of rotatable bonds is 8. The van der Waals surface area contributed by atoms with E-state index in [4.69, 9.17) is 4.74 Å². The van der Waals surface area contributed by atoms with Crippen molar-refractivity contribution in [3.63, 3.8) is 0 Å². The van der Waals surface area contributed by atoms with Crippen LogP contribution < -0.4 is 5.32 Å². The Balaban J connectivity index is 1.36. The molecule has 0 bridgehead atoms. The minimum absolute atomic E-state index is 0.678. The van der Waals surface area contributed by atoms with E-state index in [2.05, 4.69) is 41.7 Å². The Morgan fingerprint density at radius 3 is 2.43 bits per heavy atom. The molecule has 0 spiro atoms. The molecule has 0 aromatic heterocycles. The molecule has 21 heavy (non-hydrogen) atoms. The number of ether oxygens (including phenoxy) is 1. The van der Waals surface area contributed by atoms with Gasteiger partial charge in [0.25, 0.3) is 0 Å². The number of hydrogen-bond acceptors (Lipinski definition) is 3. The molecule has 0 amide bonds. The lowest BCUT2D eigenvalue weighted by molar-refractivity contribution is 0.169. The second-order valence-corrected chi connectivity index (χ2v) is 6.39. The third kappa shape index (κ3) is 5.20. The molecular weight excluding hydrogens is 278 g/mol. The van der Waals surface area contributed by atoms with Crippen molar-refractivity contribution in [1.29, 1.82) is 0 Å². The molecule has 3 rings (SSSR count). The summed E-state index contributed by atoms with van der Waals surface area (Å²) in [6.07, 6.45) is 2.68. The van der Waals surface area contributed by atoms with E-state index >= 15 is 0 Å². The summed E-state index contributed by atoms with van der Waals surface area (Å²) in [5.41, 5.74) is 2.58. The van der Waals surface area contributed by atoms with Crippen molar-refractivity contribution in [2.24, 2.45) is 0 Å². The Kier molecular flexibility index (Phi) is 5.33. The van der Waals surface area contributed by atoms with Gasteiger partial charge < -0.3 is 10.1 Å². The molecule has 0 atom stereocenters.